The summed E-state index contributed by atoms with van der Waals surface area (Å²) < 4.78 is 24.1. The van der Waals surface area contributed by atoms with Crippen molar-refractivity contribution in [1.82, 2.24) is 0 Å². The van der Waals surface area contributed by atoms with E-state index in [0.29, 0.717) is 13.0 Å². The lowest BCUT2D eigenvalue weighted by Gasteiger charge is -2.06. The molecule has 0 spiro atoms. The molecule has 4 heteroatoms. The maximum absolute atomic E-state index is 12.1. The second-order valence-corrected chi connectivity index (χ2v) is 2.33. The van der Waals surface area contributed by atoms with Crippen LogP contribution < -0.4 is 0 Å². The molecule has 1 nitrogen and oxygen atoms in total. The van der Waals surface area contributed by atoms with Gasteiger partial charge in [0.2, 0.25) is 5.92 Å². The van der Waals surface area contributed by atoms with E-state index in [2.05, 4.69) is 22.4 Å². The van der Waals surface area contributed by atoms with E-state index in [1.165, 1.54) is 0 Å². The molecular formula is C6H9F2NS. The first kappa shape index (κ1) is 9.66. The monoisotopic (exact) mass is 165 g/mol. The predicted molar refractivity (Wildman–Crippen MR) is 39.7 cm³/mol. The molecule has 58 valence electrons. The van der Waals surface area contributed by atoms with Crippen LogP contribution in [-0.2, 0) is 0 Å². The van der Waals surface area contributed by atoms with Crippen molar-refractivity contribution in [1.29, 1.82) is 0 Å². The average molecular weight is 165 g/mol. The lowest BCUT2D eigenvalue weighted by Crippen LogP contribution is -2.09. The van der Waals surface area contributed by atoms with E-state index in [9.17, 15) is 8.78 Å². The minimum Gasteiger partial charge on any atom is -0.233 e. The average Bonchev–Trinajstić information content (AvgIpc) is 1.78. The molecule has 0 aromatic heterocycles. The van der Waals surface area contributed by atoms with Crippen molar-refractivity contribution < 1.29 is 8.78 Å². The first-order valence-corrected chi connectivity index (χ1v) is 3.38. The molecule has 0 radical (unpaired) electrons. The summed E-state index contributed by atoms with van der Waals surface area (Å²) in [5.41, 5.74) is 0. The summed E-state index contributed by atoms with van der Waals surface area (Å²) in [5, 5.41) is 2.12. The number of hydrogen-bond donors (Lipinski definition) is 0. The Balaban J connectivity index is 3.28. The van der Waals surface area contributed by atoms with Crippen molar-refractivity contribution in [2.75, 3.05) is 6.54 Å². The van der Waals surface area contributed by atoms with Gasteiger partial charge in [-0.2, -0.15) is 0 Å². The molecule has 0 N–H and O–H groups in total. The lowest BCUT2D eigenvalue weighted by atomic mass is 10.2. The SMILES string of the molecule is CC(F)(F)CCCN=C=S. The highest BCUT2D eigenvalue weighted by molar-refractivity contribution is 7.78. The minimum atomic E-state index is -2.57. The Hall–Kier alpha value is -0.340. The number of isothiocyanates is 1. The number of aliphatic imine (C=N–C) groups is 1. The van der Waals surface area contributed by atoms with Crippen LogP contribution in [0.5, 0.6) is 0 Å². The van der Waals surface area contributed by atoms with Gasteiger partial charge in [-0.1, -0.05) is 0 Å². The van der Waals surface area contributed by atoms with Crippen LogP contribution in [0, 0.1) is 0 Å². The van der Waals surface area contributed by atoms with Gasteiger partial charge in [0.05, 0.1) is 5.16 Å². The van der Waals surface area contributed by atoms with Crippen LogP contribution in [-0.4, -0.2) is 17.6 Å². The number of alkyl halides is 2. The highest BCUT2D eigenvalue weighted by atomic mass is 32.1. The molecule has 0 saturated heterocycles. The molecule has 0 aliphatic carbocycles. The van der Waals surface area contributed by atoms with Crippen LogP contribution >= 0.6 is 12.2 Å². The van der Waals surface area contributed by atoms with Crippen molar-refractivity contribution >= 4 is 17.4 Å². The van der Waals surface area contributed by atoms with Crippen molar-refractivity contribution in [3.63, 3.8) is 0 Å². The zero-order valence-electron chi connectivity index (χ0n) is 5.73. The zero-order valence-corrected chi connectivity index (χ0v) is 6.55. The van der Waals surface area contributed by atoms with E-state index in [0.717, 1.165) is 6.92 Å². The summed E-state index contributed by atoms with van der Waals surface area (Å²) in [4.78, 5) is 3.51. The Morgan fingerprint density at radius 1 is 1.60 bits per heavy atom. The van der Waals surface area contributed by atoms with Crippen molar-refractivity contribution in [2.24, 2.45) is 4.99 Å². The molecule has 0 aromatic carbocycles. The molecule has 0 unspecified atom stereocenters. The molecule has 10 heavy (non-hydrogen) atoms. The van der Waals surface area contributed by atoms with Gasteiger partial charge < -0.3 is 0 Å². The fourth-order valence-electron chi connectivity index (χ4n) is 0.514. The van der Waals surface area contributed by atoms with Crippen molar-refractivity contribution in [3.8, 4) is 0 Å². The van der Waals surface area contributed by atoms with Crippen molar-refractivity contribution in [2.45, 2.75) is 25.7 Å². The molecule has 0 bridgehead atoms. The van der Waals surface area contributed by atoms with Gasteiger partial charge >= 0.3 is 0 Å². The Bertz CT molecular complexity index is 135. The third kappa shape index (κ3) is 7.66. The molecule has 0 aliphatic heterocycles. The Labute approximate surface area is 64.1 Å². The van der Waals surface area contributed by atoms with E-state index in [-0.39, 0.29) is 6.42 Å². The van der Waals surface area contributed by atoms with Gasteiger partial charge in [-0.05, 0) is 25.6 Å². The predicted octanol–water partition coefficient (Wildman–Crippen LogP) is 2.52. The first-order chi connectivity index (χ1) is 4.56. The zero-order chi connectivity index (χ0) is 8.04. The highest BCUT2D eigenvalue weighted by Crippen LogP contribution is 2.18. The second-order valence-electron chi connectivity index (χ2n) is 2.15. The molecule has 0 atom stereocenters. The minimum absolute atomic E-state index is 0.131. The topological polar surface area (TPSA) is 12.4 Å². The highest BCUT2D eigenvalue weighted by Gasteiger charge is 2.19. The summed E-state index contributed by atoms with van der Waals surface area (Å²) in [6.45, 7) is 1.25. The number of halogens is 2. The van der Waals surface area contributed by atoms with Gasteiger partial charge in [-0.25, -0.2) is 13.8 Å². The van der Waals surface area contributed by atoms with Crippen LogP contribution in [0.3, 0.4) is 0 Å². The smallest absolute Gasteiger partial charge is 0.233 e. The Morgan fingerprint density at radius 2 is 2.20 bits per heavy atom. The molecular weight excluding hydrogens is 156 g/mol. The molecule has 0 aromatic rings. The quantitative estimate of drug-likeness (QED) is 0.354. The van der Waals surface area contributed by atoms with E-state index < -0.39 is 5.92 Å². The fraction of sp³-hybridized carbons (Fsp3) is 0.833. The molecule has 0 amide bonds. The summed E-state index contributed by atoms with van der Waals surface area (Å²) in [6.07, 6.45) is 0.237. The maximum Gasteiger partial charge on any atom is 0.245 e. The molecule has 0 rings (SSSR count). The summed E-state index contributed by atoms with van der Waals surface area (Å²) in [7, 11) is 0. The van der Waals surface area contributed by atoms with E-state index in [4.69, 9.17) is 0 Å². The molecule has 0 saturated carbocycles. The van der Waals surface area contributed by atoms with E-state index >= 15 is 0 Å². The third-order valence-electron chi connectivity index (χ3n) is 0.950. The van der Waals surface area contributed by atoms with Gasteiger partial charge in [-0.15, -0.1) is 0 Å². The maximum atomic E-state index is 12.1. The van der Waals surface area contributed by atoms with Crippen LogP contribution in [0.1, 0.15) is 19.8 Å². The summed E-state index contributed by atoms with van der Waals surface area (Å²) in [5.74, 6) is -2.57. The standard InChI is InChI=1S/C6H9F2NS/c1-6(7,8)3-2-4-9-5-10/h2-4H2,1H3. The number of thiocarbonyl (C=S) groups is 1. The van der Waals surface area contributed by atoms with Gasteiger partial charge in [0.1, 0.15) is 0 Å². The van der Waals surface area contributed by atoms with Crippen LogP contribution in [0.4, 0.5) is 8.78 Å². The number of nitrogens with zero attached hydrogens (tertiary/aromatic N) is 1. The van der Waals surface area contributed by atoms with E-state index in [1.54, 1.807) is 0 Å². The number of rotatable bonds is 4. The number of hydrogen-bond acceptors (Lipinski definition) is 2. The first-order valence-electron chi connectivity index (χ1n) is 2.98. The Kier molecular flexibility index (Phi) is 4.32. The molecule has 0 aliphatic rings. The molecule has 0 fully saturated rings. The van der Waals surface area contributed by atoms with Crippen molar-refractivity contribution in [3.05, 3.63) is 0 Å². The largest absolute Gasteiger partial charge is 0.245 e. The normalized spacial score (nSPS) is 10.7. The fourth-order valence-corrected chi connectivity index (χ4v) is 0.605. The van der Waals surface area contributed by atoms with Gasteiger partial charge in [0.25, 0.3) is 0 Å². The summed E-state index contributed by atoms with van der Waals surface area (Å²) >= 11 is 4.25. The second kappa shape index (κ2) is 4.47. The lowest BCUT2D eigenvalue weighted by molar-refractivity contribution is 0.0117. The van der Waals surface area contributed by atoms with Gasteiger partial charge in [0, 0.05) is 13.0 Å². The van der Waals surface area contributed by atoms with Gasteiger partial charge in [0.15, 0.2) is 0 Å². The van der Waals surface area contributed by atoms with Crippen LogP contribution in [0.15, 0.2) is 4.99 Å². The Morgan fingerprint density at radius 3 is 2.60 bits per heavy atom. The third-order valence-corrected chi connectivity index (χ3v) is 1.08. The van der Waals surface area contributed by atoms with E-state index in [1.807, 2.05) is 0 Å². The molecule has 0 heterocycles. The summed E-state index contributed by atoms with van der Waals surface area (Å²) in [6, 6.07) is 0. The van der Waals surface area contributed by atoms with Crippen LogP contribution in [0.25, 0.3) is 0 Å². The van der Waals surface area contributed by atoms with Crippen LogP contribution in [0.2, 0.25) is 0 Å². The van der Waals surface area contributed by atoms with Gasteiger partial charge in [-0.3, -0.25) is 0 Å².